The van der Waals surface area contributed by atoms with E-state index in [0.29, 0.717) is 12.6 Å². The van der Waals surface area contributed by atoms with E-state index in [2.05, 4.69) is 35.8 Å². The molecule has 1 atom stereocenters. The molecule has 6 nitrogen and oxygen atoms in total. The first-order chi connectivity index (χ1) is 12.5. The molecule has 0 unspecified atom stereocenters. The van der Waals surface area contributed by atoms with E-state index in [4.69, 9.17) is 4.74 Å². The standard InChI is InChI=1S/C20H32N4O2/c1-21(2)18-8-9-24(16-18)20(25)17-4-6-19(7-5-17)26-15-14-23-12-10-22(3)11-13-23/h4-7,18H,8-16H2,1-3H3/t18-/m0/s1. The second-order valence-corrected chi connectivity index (χ2v) is 7.68. The quantitative estimate of drug-likeness (QED) is 0.759. The van der Waals surface area contributed by atoms with E-state index in [1.807, 2.05) is 29.2 Å². The Morgan fingerprint density at radius 2 is 1.81 bits per heavy atom. The van der Waals surface area contributed by atoms with Gasteiger partial charge in [-0.2, -0.15) is 0 Å². The van der Waals surface area contributed by atoms with Gasteiger partial charge in [0.1, 0.15) is 12.4 Å². The number of ether oxygens (including phenoxy) is 1. The molecule has 0 aromatic heterocycles. The highest BCUT2D eigenvalue weighted by Gasteiger charge is 2.27. The third-order valence-electron chi connectivity index (χ3n) is 5.55. The minimum atomic E-state index is 0.123. The maximum atomic E-state index is 12.6. The molecule has 2 heterocycles. The molecule has 3 rings (SSSR count). The summed E-state index contributed by atoms with van der Waals surface area (Å²) >= 11 is 0. The van der Waals surface area contributed by atoms with Crippen LogP contribution in [-0.4, -0.2) is 105 Å². The van der Waals surface area contributed by atoms with Gasteiger partial charge in [-0.15, -0.1) is 0 Å². The molecule has 1 aromatic carbocycles. The lowest BCUT2D eigenvalue weighted by Gasteiger charge is -2.32. The van der Waals surface area contributed by atoms with Crippen LogP contribution in [-0.2, 0) is 0 Å². The summed E-state index contributed by atoms with van der Waals surface area (Å²) in [6, 6.07) is 8.07. The van der Waals surface area contributed by atoms with Gasteiger partial charge in [0.15, 0.2) is 0 Å². The van der Waals surface area contributed by atoms with Crippen molar-refractivity contribution in [3.05, 3.63) is 29.8 Å². The van der Waals surface area contributed by atoms with Crippen molar-refractivity contribution in [1.29, 1.82) is 0 Å². The molecule has 2 fully saturated rings. The van der Waals surface area contributed by atoms with E-state index in [1.54, 1.807) is 0 Å². The smallest absolute Gasteiger partial charge is 0.253 e. The van der Waals surface area contributed by atoms with Gasteiger partial charge in [0.05, 0.1) is 0 Å². The van der Waals surface area contributed by atoms with E-state index in [0.717, 1.165) is 63.5 Å². The van der Waals surface area contributed by atoms with Crippen LogP contribution < -0.4 is 4.74 Å². The van der Waals surface area contributed by atoms with Gasteiger partial charge < -0.3 is 19.4 Å². The van der Waals surface area contributed by atoms with Crippen LogP contribution in [0.4, 0.5) is 0 Å². The zero-order valence-electron chi connectivity index (χ0n) is 16.4. The summed E-state index contributed by atoms with van der Waals surface area (Å²) in [6.07, 6.45) is 1.05. The van der Waals surface area contributed by atoms with E-state index in [9.17, 15) is 4.79 Å². The van der Waals surface area contributed by atoms with E-state index in [-0.39, 0.29) is 5.91 Å². The van der Waals surface area contributed by atoms with Gasteiger partial charge in [-0.1, -0.05) is 0 Å². The van der Waals surface area contributed by atoms with Crippen LogP contribution in [0.2, 0.25) is 0 Å². The molecular weight excluding hydrogens is 328 g/mol. The molecule has 2 aliphatic rings. The van der Waals surface area contributed by atoms with E-state index < -0.39 is 0 Å². The molecule has 0 bridgehead atoms. The van der Waals surface area contributed by atoms with Crippen molar-refractivity contribution in [1.82, 2.24) is 19.6 Å². The number of carbonyl (C=O) groups is 1. The highest BCUT2D eigenvalue weighted by molar-refractivity contribution is 5.94. The summed E-state index contributed by atoms with van der Waals surface area (Å²) in [6.45, 7) is 7.76. The van der Waals surface area contributed by atoms with Crippen molar-refractivity contribution in [2.75, 3.05) is 73.6 Å². The molecular formula is C20H32N4O2. The fourth-order valence-electron chi connectivity index (χ4n) is 3.59. The predicted molar refractivity (Wildman–Crippen MR) is 104 cm³/mol. The highest BCUT2D eigenvalue weighted by atomic mass is 16.5. The Kier molecular flexibility index (Phi) is 6.51. The van der Waals surface area contributed by atoms with E-state index >= 15 is 0 Å². The minimum absolute atomic E-state index is 0.123. The van der Waals surface area contributed by atoms with Gasteiger partial charge in [0.2, 0.25) is 0 Å². The number of likely N-dealkylation sites (N-methyl/N-ethyl adjacent to an activating group) is 2. The summed E-state index contributed by atoms with van der Waals surface area (Å²) in [5.41, 5.74) is 0.746. The van der Waals surface area contributed by atoms with Gasteiger partial charge in [0.25, 0.3) is 5.91 Å². The summed E-state index contributed by atoms with van der Waals surface area (Å²) in [4.78, 5) is 21.6. The molecule has 6 heteroatoms. The molecule has 1 amide bonds. The molecule has 0 radical (unpaired) electrons. The van der Waals surface area contributed by atoms with Crippen molar-refractivity contribution < 1.29 is 9.53 Å². The van der Waals surface area contributed by atoms with Crippen LogP contribution in [0.25, 0.3) is 0 Å². The first-order valence-electron chi connectivity index (χ1n) is 9.62. The van der Waals surface area contributed by atoms with Gasteiger partial charge >= 0.3 is 0 Å². The Bertz CT molecular complexity index is 582. The average molecular weight is 361 g/mol. The van der Waals surface area contributed by atoms with Crippen molar-refractivity contribution in [2.24, 2.45) is 0 Å². The van der Waals surface area contributed by atoms with E-state index in [1.165, 1.54) is 0 Å². The van der Waals surface area contributed by atoms with Crippen LogP contribution in [0.3, 0.4) is 0 Å². The number of rotatable bonds is 6. The topological polar surface area (TPSA) is 39.3 Å². The zero-order valence-corrected chi connectivity index (χ0v) is 16.4. The molecule has 1 aromatic rings. The second-order valence-electron chi connectivity index (χ2n) is 7.68. The number of carbonyl (C=O) groups excluding carboxylic acids is 1. The Hall–Kier alpha value is -1.63. The molecule has 0 spiro atoms. The molecule has 26 heavy (non-hydrogen) atoms. The van der Waals surface area contributed by atoms with Crippen molar-refractivity contribution in [3.8, 4) is 5.75 Å². The Morgan fingerprint density at radius 1 is 1.12 bits per heavy atom. The number of hydrogen-bond acceptors (Lipinski definition) is 5. The first-order valence-corrected chi connectivity index (χ1v) is 9.62. The number of likely N-dealkylation sites (tertiary alicyclic amines) is 1. The second kappa shape index (κ2) is 8.84. The Labute approximate surface area is 157 Å². The lowest BCUT2D eigenvalue weighted by Crippen LogP contribution is -2.45. The third-order valence-corrected chi connectivity index (χ3v) is 5.55. The lowest BCUT2D eigenvalue weighted by molar-refractivity contribution is 0.0783. The van der Waals surface area contributed by atoms with Gasteiger partial charge in [-0.25, -0.2) is 0 Å². The largest absolute Gasteiger partial charge is 0.492 e. The Balaban J connectivity index is 1.44. The molecule has 144 valence electrons. The van der Waals surface area contributed by atoms with Crippen LogP contribution in [0.1, 0.15) is 16.8 Å². The summed E-state index contributed by atoms with van der Waals surface area (Å²) in [5.74, 6) is 0.960. The van der Waals surface area contributed by atoms with Crippen molar-refractivity contribution in [2.45, 2.75) is 12.5 Å². The van der Waals surface area contributed by atoms with Crippen LogP contribution in [0.15, 0.2) is 24.3 Å². The summed E-state index contributed by atoms with van der Waals surface area (Å²) in [7, 11) is 6.32. The SMILES string of the molecule is CN1CCN(CCOc2ccc(C(=O)N3CC[C@H](N(C)C)C3)cc2)CC1. The molecule has 2 aliphatic heterocycles. The summed E-state index contributed by atoms with van der Waals surface area (Å²) < 4.78 is 5.86. The maximum absolute atomic E-state index is 12.6. The molecule has 2 saturated heterocycles. The highest BCUT2D eigenvalue weighted by Crippen LogP contribution is 2.18. The fraction of sp³-hybridized carbons (Fsp3) is 0.650. The molecule has 0 aliphatic carbocycles. The first kappa shape index (κ1) is 19.1. The van der Waals surface area contributed by atoms with Crippen LogP contribution >= 0.6 is 0 Å². The fourth-order valence-corrected chi connectivity index (χ4v) is 3.59. The molecule has 0 N–H and O–H groups in total. The van der Waals surface area contributed by atoms with Gasteiger partial charge in [-0.3, -0.25) is 9.69 Å². The molecule has 0 saturated carbocycles. The third kappa shape index (κ3) is 4.96. The van der Waals surface area contributed by atoms with Crippen LogP contribution in [0.5, 0.6) is 5.75 Å². The van der Waals surface area contributed by atoms with Gasteiger partial charge in [-0.05, 0) is 51.8 Å². The number of amides is 1. The number of benzene rings is 1. The van der Waals surface area contributed by atoms with Crippen molar-refractivity contribution >= 4 is 5.91 Å². The number of hydrogen-bond donors (Lipinski definition) is 0. The monoisotopic (exact) mass is 360 g/mol. The predicted octanol–water partition coefficient (Wildman–Crippen LogP) is 1.09. The summed E-state index contributed by atoms with van der Waals surface area (Å²) in [5, 5.41) is 0. The van der Waals surface area contributed by atoms with Crippen LogP contribution in [0, 0.1) is 0 Å². The van der Waals surface area contributed by atoms with Crippen molar-refractivity contribution in [3.63, 3.8) is 0 Å². The Morgan fingerprint density at radius 3 is 2.42 bits per heavy atom. The average Bonchev–Trinajstić information content (AvgIpc) is 3.14. The minimum Gasteiger partial charge on any atom is -0.492 e. The van der Waals surface area contributed by atoms with Gasteiger partial charge in [0, 0.05) is 57.4 Å². The lowest BCUT2D eigenvalue weighted by atomic mass is 10.2. The number of nitrogens with zero attached hydrogens (tertiary/aromatic N) is 4. The number of piperazine rings is 1. The zero-order chi connectivity index (χ0) is 18.5. The normalized spacial score (nSPS) is 22.2. The maximum Gasteiger partial charge on any atom is 0.253 e.